The van der Waals surface area contributed by atoms with Crippen LogP contribution in [0.4, 0.5) is 23.1 Å². The molecule has 0 atom stereocenters. The van der Waals surface area contributed by atoms with Crippen molar-refractivity contribution in [1.82, 2.24) is 15.3 Å². The van der Waals surface area contributed by atoms with Crippen molar-refractivity contribution < 1.29 is 4.79 Å². The fourth-order valence-corrected chi connectivity index (χ4v) is 2.66. The summed E-state index contributed by atoms with van der Waals surface area (Å²) in [5.74, 6) is 0.622. The molecule has 27 heavy (non-hydrogen) atoms. The minimum atomic E-state index is -0.197. The first-order chi connectivity index (χ1) is 13.1. The van der Waals surface area contributed by atoms with E-state index in [0.717, 1.165) is 12.1 Å². The lowest BCUT2D eigenvalue weighted by molar-refractivity contribution is 0.0964. The average molecular weight is 382 g/mol. The predicted molar refractivity (Wildman–Crippen MR) is 109 cm³/mol. The number of amides is 1. The lowest BCUT2D eigenvalue weighted by Gasteiger charge is -2.13. The zero-order valence-corrected chi connectivity index (χ0v) is 15.8. The number of rotatable bonds is 6. The predicted octanol–water partition coefficient (Wildman–Crippen LogP) is 4.54. The summed E-state index contributed by atoms with van der Waals surface area (Å²) < 4.78 is 0. The van der Waals surface area contributed by atoms with Gasteiger partial charge in [0.15, 0.2) is 5.82 Å². The highest BCUT2D eigenvalue weighted by atomic mass is 35.5. The standard InChI is InChI=1S/C20H20ClN5O/c1-3-13-8-10-14(11-9-13)24-20-23-12-16(21)18(26-20)25-17-7-5-4-6-15(17)19(27)22-2/h4-12H,3H2,1-2H3,(H,22,27)(H2,23,24,25,26). The molecule has 2 aromatic carbocycles. The van der Waals surface area contributed by atoms with Crippen LogP contribution in [0, 0.1) is 0 Å². The van der Waals surface area contributed by atoms with Crippen molar-refractivity contribution in [2.45, 2.75) is 13.3 Å². The SMILES string of the molecule is CCc1ccc(Nc2ncc(Cl)c(Nc3ccccc3C(=O)NC)n2)cc1. The second-order valence-corrected chi connectivity index (χ2v) is 6.22. The Bertz CT molecular complexity index is 943. The lowest BCUT2D eigenvalue weighted by Crippen LogP contribution is -2.19. The summed E-state index contributed by atoms with van der Waals surface area (Å²) in [5, 5.41) is 9.25. The molecule has 6 nitrogen and oxygen atoms in total. The van der Waals surface area contributed by atoms with Gasteiger partial charge in [-0.15, -0.1) is 0 Å². The molecule has 0 aliphatic carbocycles. The van der Waals surface area contributed by atoms with E-state index >= 15 is 0 Å². The third kappa shape index (κ3) is 4.54. The van der Waals surface area contributed by atoms with Crippen molar-refractivity contribution in [1.29, 1.82) is 0 Å². The van der Waals surface area contributed by atoms with Crippen LogP contribution in [0.3, 0.4) is 0 Å². The van der Waals surface area contributed by atoms with Crippen LogP contribution in [0.15, 0.2) is 54.7 Å². The third-order valence-electron chi connectivity index (χ3n) is 4.01. The number of hydrogen-bond donors (Lipinski definition) is 3. The van der Waals surface area contributed by atoms with E-state index in [0.29, 0.717) is 28.0 Å². The Hall–Kier alpha value is -3.12. The van der Waals surface area contributed by atoms with Gasteiger partial charge in [0.05, 0.1) is 17.4 Å². The smallest absolute Gasteiger partial charge is 0.253 e. The van der Waals surface area contributed by atoms with Crippen LogP contribution in [-0.4, -0.2) is 22.9 Å². The summed E-state index contributed by atoms with van der Waals surface area (Å²) in [6.07, 6.45) is 2.50. The van der Waals surface area contributed by atoms with Crippen LogP contribution in [-0.2, 0) is 6.42 Å². The zero-order chi connectivity index (χ0) is 19.2. The molecule has 138 valence electrons. The number of nitrogens with zero attached hydrogens (tertiary/aromatic N) is 2. The maximum atomic E-state index is 12.0. The molecule has 0 fully saturated rings. The van der Waals surface area contributed by atoms with Crippen molar-refractivity contribution >= 4 is 40.6 Å². The summed E-state index contributed by atoms with van der Waals surface area (Å²) in [4.78, 5) is 20.7. The maximum absolute atomic E-state index is 12.0. The highest BCUT2D eigenvalue weighted by Crippen LogP contribution is 2.26. The molecule has 7 heteroatoms. The normalized spacial score (nSPS) is 10.3. The molecular formula is C20H20ClN5O. The monoisotopic (exact) mass is 381 g/mol. The molecule has 3 N–H and O–H groups in total. The van der Waals surface area contributed by atoms with Crippen molar-refractivity contribution in [3.63, 3.8) is 0 Å². The van der Waals surface area contributed by atoms with Crippen molar-refractivity contribution in [3.05, 3.63) is 70.9 Å². The quantitative estimate of drug-likeness (QED) is 0.584. The summed E-state index contributed by atoms with van der Waals surface area (Å²) in [7, 11) is 1.59. The van der Waals surface area contributed by atoms with E-state index < -0.39 is 0 Å². The highest BCUT2D eigenvalue weighted by Gasteiger charge is 2.12. The average Bonchev–Trinajstić information content (AvgIpc) is 2.71. The van der Waals surface area contributed by atoms with Gasteiger partial charge in [-0.05, 0) is 36.2 Å². The molecule has 1 aromatic heterocycles. The van der Waals surface area contributed by atoms with E-state index in [2.05, 4.69) is 45.0 Å². The number of carbonyl (C=O) groups excluding carboxylic acids is 1. The van der Waals surface area contributed by atoms with Crippen molar-refractivity contribution in [2.24, 2.45) is 0 Å². The first-order valence-electron chi connectivity index (χ1n) is 8.57. The van der Waals surface area contributed by atoms with E-state index in [1.54, 1.807) is 25.2 Å². The van der Waals surface area contributed by atoms with Gasteiger partial charge >= 0.3 is 0 Å². The molecule has 0 saturated heterocycles. The van der Waals surface area contributed by atoms with Crippen LogP contribution in [0.5, 0.6) is 0 Å². The van der Waals surface area contributed by atoms with Crippen LogP contribution in [0.1, 0.15) is 22.8 Å². The molecule has 0 spiro atoms. The van der Waals surface area contributed by atoms with E-state index in [-0.39, 0.29) is 5.91 Å². The van der Waals surface area contributed by atoms with Crippen LogP contribution in [0.2, 0.25) is 5.02 Å². The van der Waals surface area contributed by atoms with Gasteiger partial charge in [0.1, 0.15) is 5.02 Å². The third-order valence-corrected chi connectivity index (χ3v) is 4.29. The number of carbonyl (C=O) groups is 1. The molecule has 0 unspecified atom stereocenters. The number of hydrogen-bond acceptors (Lipinski definition) is 5. The molecule has 0 aliphatic rings. The van der Waals surface area contributed by atoms with Crippen molar-refractivity contribution in [3.8, 4) is 0 Å². The first kappa shape index (κ1) is 18.7. The highest BCUT2D eigenvalue weighted by molar-refractivity contribution is 6.33. The van der Waals surface area contributed by atoms with Gasteiger partial charge in [0, 0.05) is 12.7 Å². The second kappa shape index (κ2) is 8.51. The topological polar surface area (TPSA) is 78.9 Å². The molecule has 0 radical (unpaired) electrons. The van der Waals surface area contributed by atoms with Crippen LogP contribution >= 0.6 is 11.6 Å². The first-order valence-corrected chi connectivity index (χ1v) is 8.95. The number of benzene rings is 2. The van der Waals surface area contributed by atoms with Crippen LogP contribution in [0.25, 0.3) is 0 Å². The van der Waals surface area contributed by atoms with Gasteiger partial charge < -0.3 is 16.0 Å². The summed E-state index contributed by atoms with van der Waals surface area (Å²) in [5.41, 5.74) is 3.24. The second-order valence-electron chi connectivity index (χ2n) is 5.82. The van der Waals surface area contributed by atoms with E-state index in [4.69, 9.17) is 11.6 Å². The van der Waals surface area contributed by atoms with Gasteiger partial charge in [0.2, 0.25) is 5.95 Å². The fraction of sp³-hybridized carbons (Fsp3) is 0.150. The molecule has 1 heterocycles. The minimum absolute atomic E-state index is 0.197. The zero-order valence-electron chi connectivity index (χ0n) is 15.1. The Kier molecular flexibility index (Phi) is 5.88. The molecule has 3 aromatic rings. The number of aryl methyl sites for hydroxylation is 1. The Labute approximate surface area is 163 Å². The molecule has 0 aliphatic heterocycles. The minimum Gasteiger partial charge on any atom is -0.355 e. The van der Waals surface area contributed by atoms with Gasteiger partial charge in [-0.3, -0.25) is 4.79 Å². The Morgan fingerprint density at radius 3 is 2.52 bits per heavy atom. The van der Waals surface area contributed by atoms with E-state index in [1.165, 1.54) is 11.8 Å². The fourth-order valence-electron chi connectivity index (χ4n) is 2.52. The number of halogens is 1. The summed E-state index contributed by atoms with van der Waals surface area (Å²) in [6.45, 7) is 2.11. The number of nitrogens with one attached hydrogen (secondary N) is 3. The van der Waals surface area contributed by atoms with Gasteiger partial charge in [-0.1, -0.05) is 42.8 Å². The molecule has 0 bridgehead atoms. The summed E-state index contributed by atoms with van der Waals surface area (Å²) in [6, 6.07) is 15.2. The Balaban J connectivity index is 1.84. The van der Waals surface area contributed by atoms with Gasteiger partial charge in [0.25, 0.3) is 5.91 Å². The number of para-hydroxylation sites is 1. The van der Waals surface area contributed by atoms with Crippen LogP contribution < -0.4 is 16.0 Å². The van der Waals surface area contributed by atoms with Gasteiger partial charge in [-0.2, -0.15) is 4.98 Å². The largest absolute Gasteiger partial charge is 0.355 e. The Morgan fingerprint density at radius 1 is 1.07 bits per heavy atom. The summed E-state index contributed by atoms with van der Waals surface area (Å²) >= 11 is 6.24. The van der Waals surface area contributed by atoms with Gasteiger partial charge in [-0.25, -0.2) is 4.98 Å². The number of aromatic nitrogens is 2. The van der Waals surface area contributed by atoms with E-state index in [1.807, 2.05) is 18.2 Å². The molecule has 1 amide bonds. The molecule has 0 saturated carbocycles. The number of anilines is 4. The molecule has 3 rings (SSSR count). The van der Waals surface area contributed by atoms with E-state index in [9.17, 15) is 4.79 Å². The van der Waals surface area contributed by atoms with Crippen molar-refractivity contribution in [2.75, 3.05) is 17.7 Å². The maximum Gasteiger partial charge on any atom is 0.253 e. The Morgan fingerprint density at radius 2 is 1.81 bits per heavy atom. The lowest BCUT2D eigenvalue weighted by atomic mass is 10.1. The molecular weight excluding hydrogens is 362 g/mol.